The van der Waals surface area contributed by atoms with Crippen LogP contribution < -0.4 is 5.73 Å². The second-order valence-corrected chi connectivity index (χ2v) is 12.3. The monoisotopic (exact) mass is 583 g/mol. The maximum Gasteiger partial charge on any atom is 0.309 e. The minimum absolute atomic E-state index is 0.111. The van der Waals surface area contributed by atoms with E-state index in [9.17, 15) is 14.4 Å². The fourth-order valence-electron chi connectivity index (χ4n) is 5.80. The molecule has 1 fully saturated rings. The second-order valence-electron chi connectivity index (χ2n) is 12.3. The molecule has 1 heterocycles. The van der Waals surface area contributed by atoms with Gasteiger partial charge in [0.15, 0.2) is 0 Å². The third kappa shape index (κ3) is 8.77. The third-order valence-electron chi connectivity index (χ3n) is 8.18. The van der Waals surface area contributed by atoms with Crippen molar-refractivity contribution in [1.29, 1.82) is 0 Å². The maximum absolute atomic E-state index is 14.5. The zero-order chi connectivity index (χ0) is 31.0. The number of likely N-dealkylation sites (N-methyl/N-ethyl adjacent to an activating group) is 1. The summed E-state index contributed by atoms with van der Waals surface area (Å²) in [5, 5.41) is 2.21. The van der Waals surface area contributed by atoms with E-state index in [1.165, 1.54) is 6.08 Å². The molecule has 3 aromatic carbocycles. The van der Waals surface area contributed by atoms with Gasteiger partial charge in [0.25, 0.3) is 0 Å². The van der Waals surface area contributed by atoms with Crippen LogP contribution in [0.15, 0.2) is 84.9 Å². The molecule has 3 aromatic rings. The Labute approximate surface area is 255 Å². The topological polar surface area (TPSA) is 92.9 Å². The van der Waals surface area contributed by atoms with E-state index in [4.69, 9.17) is 10.5 Å². The molecule has 0 spiro atoms. The molecule has 1 saturated heterocycles. The lowest BCUT2D eigenvalue weighted by Gasteiger charge is -2.42. The summed E-state index contributed by atoms with van der Waals surface area (Å²) in [6.45, 7) is 6.38. The quantitative estimate of drug-likeness (QED) is 0.244. The highest BCUT2D eigenvalue weighted by atomic mass is 16.5. The highest BCUT2D eigenvalue weighted by Gasteiger charge is 2.39. The van der Waals surface area contributed by atoms with Crippen molar-refractivity contribution >= 4 is 28.6 Å². The van der Waals surface area contributed by atoms with Crippen molar-refractivity contribution in [3.63, 3.8) is 0 Å². The summed E-state index contributed by atoms with van der Waals surface area (Å²) in [7, 11) is 1.70. The van der Waals surface area contributed by atoms with Gasteiger partial charge < -0.3 is 20.3 Å². The number of nitrogens with zero attached hydrogens (tertiary/aromatic N) is 2. The number of amides is 2. The number of carbonyl (C=O) groups excluding carboxylic acids is 3. The molecule has 2 unspecified atom stereocenters. The van der Waals surface area contributed by atoms with E-state index in [-0.39, 0.29) is 29.7 Å². The summed E-state index contributed by atoms with van der Waals surface area (Å²) >= 11 is 0. The Morgan fingerprint density at radius 3 is 2.42 bits per heavy atom. The molecule has 7 nitrogen and oxygen atoms in total. The van der Waals surface area contributed by atoms with E-state index in [2.05, 4.69) is 24.3 Å². The number of fused-ring (bicyclic) bond motifs is 1. The van der Waals surface area contributed by atoms with Crippen molar-refractivity contribution in [1.82, 2.24) is 9.80 Å². The Balaban J connectivity index is 1.64. The summed E-state index contributed by atoms with van der Waals surface area (Å²) in [4.78, 5) is 44.1. The van der Waals surface area contributed by atoms with Crippen LogP contribution in [-0.2, 0) is 32.0 Å². The van der Waals surface area contributed by atoms with Gasteiger partial charge in [-0.25, -0.2) is 0 Å². The van der Waals surface area contributed by atoms with Crippen LogP contribution in [0.3, 0.4) is 0 Å². The lowest BCUT2D eigenvalue weighted by atomic mass is 9.86. The van der Waals surface area contributed by atoms with Gasteiger partial charge >= 0.3 is 5.97 Å². The lowest BCUT2D eigenvalue weighted by molar-refractivity contribution is -0.154. The Hall–Kier alpha value is -3.97. The number of hydrogen-bond donors (Lipinski definition) is 1. The van der Waals surface area contributed by atoms with Crippen LogP contribution in [0.25, 0.3) is 10.8 Å². The van der Waals surface area contributed by atoms with Crippen LogP contribution in [-0.4, -0.2) is 65.4 Å². The van der Waals surface area contributed by atoms with Crippen LogP contribution in [0, 0.1) is 5.92 Å². The van der Waals surface area contributed by atoms with Gasteiger partial charge in [0.1, 0.15) is 6.04 Å². The van der Waals surface area contributed by atoms with Gasteiger partial charge in [-0.05, 0) is 74.4 Å². The van der Waals surface area contributed by atoms with Gasteiger partial charge in [-0.3, -0.25) is 14.4 Å². The van der Waals surface area contributed by atoms with Crippen LogP contribution in [0.4, 0.5) is 0 Å². The molecule has 2 N–H and O–H groups in total. The minimum atomic E-state index is -0.721. The van der Waals surface area contributed by atoms with Crippen molar-refractivity contribution in [2.45, 2.75) is 70.5 Å². The number of ether oxygens (including phenoxy) is 1. The SMILES string of the molecule is CCOC(=O)C1CCN(C(=O)[C@@H](Cc2ccc3ccccc3c2)N(C)C(=O)C=CCC(C)(C)N)C(Cc2ccccc2)C1. The molecule has 43 heavy (non-hydrogen) atoms. The summed E-state index contributed by atoms with van der Waals surface area (Å²) in [5.74, 6) is -0.830. The average Bonchev–Trinajstić information content (AvgIpc) is 2.99. The number of esters is 1. The van der Waals surface area contributed by atoms with Crippen LogP contribution >= 0.6 is 0 Å². The molecule has 0 saturated carbocycles. The van der Waals surface area contributed by atoms with Gasteiger partial charge in [-0.1, -0.05) is 78.9 Å². The maximum atomic E-state index is 14.5. The molecule has 3 atom stereocenters. The number of hydrogen-bond acceptors (Lipinski definition) is 5. The predicted octanol–water partition coefficient (Wildman–Crippen LogP) is 5.31. The highest BCUT2D eigenvalue weighted by Crippen LogP contribution is 2.29. The largest absolute Gasteiger partial charge is 0.466 e. The summed E-state index contributed by atoms with van der Waals surface area (Å²) in [5.41, 5.74) is 7.74. The Bertz CT molecular complexity index is 1430. The molecule has 7 heteroatoms. The van der Waals surface area contributed by atoms with Crippen LogP contribution in [0.1, 0.15) is 51.2 Å². The molecule has 0 aliphatic carbocycles. The zero-order valence-electron chi connectivity index (χ0n) is 25.9. The Morgan fingerprint density at radius 1 is 1.02 bits per heavy atom. The van der Waals surface area contributed by atoms with Gasteiger partial charge in [-0.2, -0.15) is 0 Å². The molecule has 1 aliphatic rings. The van der Waals surface area contributed by atoms with E-state index in [1.54, 1.807) is 18.0 Å². The van der Waals surface area contributed by atoms with E-state index in [0.29, 0.717) is 45.3 Å². The predicted molar refractivity (Wildman–Crippen MR) is 171 cm³/mol. The van der Waals surface area contributed by atoms with Gasteiger partial charge in [0.2, 0.25) is 11.8 Å². The number of rotatable bonds is 11. The molecular weight excluding hydrogens is 538 g/mol. The van der Waals surface area contributed by atoms with Crippen LogP contribution in [0.5, 0.6) is 0 Å². The van der Waals surface area contributed by atoms with Gasteiger partial charge in [-0.15, -0.1) is 0 Å². The molecular formula is C36H45N3O4. The van der Waals surface area contributed by atoms with E-state index < -0.39 is 11.6 Å². The first kappa shape index (κ1) is 32.0. The first-order chi connectivity index (χ1) is 20.6. The first-order valence-electron chi connectivity index (χ1n) is 15.3. The van der Waals surface area contributed by atoms with E-state index in [0.717, 1.165) is 21.9 Å². The fourth-order valence-corrected chi connectivity index (χ4v) is 5.80. The summed E-state index contributed by atoms with van der Waals surface area (Å²) in [6.07, 6.45) is 5.87. The van der Waals surface area contributed by atoms with Crippen LogP contribution in [0.2, 0.25) is 0 Å². The lowest BCUT2D eigenvalue weighted by Crippen LogP contribution is -2.56. The van der Waals surface area contributed by atoms with E-state index in [1.807, 2.05) is 74.2 Å². The number of piperidine rings is 1. The van der Waals surface area contributed by atoms with Gasteiger partial charge in [0, 0.05) is 31.6 Å². The van der Waals surface area contributed by atoms with Crippen molar-refractivity contribution in [3.8, 4) is 0 Å². The standard InChI is InChI=1S/C36H45N3O4/c1-5-43-35(42)30-19-21-39(31(25-30)23-26-12-7-6-8-13-26)34(41)32(38(4)33(40)16-11-20-36(2,3)37)24-27-17-18-28-14-9-10-15-29(28)22-27/h6-18,22,30-32H,5,19-21,23-25,37H2,1-4H3/t30?,31?,32-/m1/s1. The number of carbonyl (C=O) groups is 3. The number of benzene rings is 3. The Kier molecular flexibility index (Phi) is 10.8. The number of nitrogens with two attached hydrogens (primary N) is 1. The normalized spacial score (nSPS) is 18.0. The molecule has 2 amide bonds. The summed E-state index contributed by atoms with van der Waals surface area (Å²) in [6, 6.07) is 23.4. The molecule has 0 aromatic heterocycles. The van der Waals surface area contributed by atoms with Crippen molar-refractivity contribution in [2.75, 3.05) is 20.2 Å². The fraction of sp³-hybridized carbons (Fsp3) is 0.417. The van der Waals surface area contributed by atoms with Crippen molar-refractivity contribution in [3.05, 3.63) is 96.1 Å². The zero-order valence-corrected chi connectivity index (χ0v) is 25.9. The first-order valence-corrected chi connectivity index (χ1v) is 15.3. The second kappa shape index (κ2) is 14.5. The van der Waals surface area contributed by atoms with Gasteiger partial charge in [0.05, 0.1) is 12.5 Å². The number of likely N-dealkylation sites (tertiary alicyclic amines) is 1. The molecule has 0 radical (unpaired) electrons. The molecule has 228 valence electrons. The highest BCUT2D eigenvalue weighted by molar-refractivity contribution is 5.93. The molecule has 0 bridgehead atoms. The van der Waals surface area contributed by atoms with E-state index >= 15 is 0 Å². The minimum Gasteiger partial charge on any atom is -0.466 e. The van der Waals surface area contributed by atoms with Crippen molar-refractivity contribution in [2.24, 2.45) is 11.7 Å². The average molecular weight is 584 g/mol. The summed E-state index contributed by atoms with van der Waals surface area (Å²) < 4.78 is 5.36. The Morgan fingerprint density at radius 2 is 1.72 bits per heavy atom. The smallest absolute Gasteiger partial charge is 0.309 e. The third-order valence-corrected chi connectivity index (χ3v) is 8.18. The van der Waals surface area contributed by atoms with Crippen molar-refractivity contribution < 1.29 is 19.1 Å². The molecule has 1 aliphatic heterocycles. The molecule has 4 rings (SSSR count).